The van der Waals surface area contributed by atoms with Crippen LogP contribution in [0.15, 0.2) is 35.5 Å². The van der Waals surface area contributed by atoms with Gasteiger partial charge in [-0.3, -0.25) is 0 Å². The largest absolute Gasteiger partial charge is 0.369 e. The van der Waals surface area contributed by atoms with Gasteiger partial charge in [0.25, 0.3) is 0 Å². The number of rotatable bonds is 0. The van der Waals surface area contributed by atoms with Crippen molar-refractivity contribution in [3.63, 3.8) is 0 Å². The molecule has 0 spiro atoms. The Morgan fingerprint density at radius 2 is 1.43 bits per heavy atom. The van der Waals surface area contributed by atoms with Crippen LogP contribution >= 0.6 is 0 Å². The number of hydrogen-bond donors (Lipinski definition) is 0. The van der Waals surface area contributed by atoms with Crippen LogP contribution in [0.5, 0.6) is 0 Å². The molecule has 0 amide bonds. The fraction of sp³-hybridized carbons (Fsp3) is 0.500. The molecule has 0 aromatic carbocycles. The Bertz CT molecular complexity index is 295. The van der Waals surface area contributed by atoms with Crippen molar-refractivity contribution in [2.24, 2.45) is 0 Å². The standard InChI is InChI=1S/C12H16O2/c1-7-9(3)13-5-11-6-14-10(4)8(2)12(7)11/h9-10H,1-2,5-6H2,3-4H3. The molecule has 0 N–H and O–H groups in total. The second-order valence-electron chi connectivity index (χ2n) is 3.94. The zero-order valence-electron chi connectivity index (χ0n) is 8.80. The zero-order valence-corrected chi connectivity index (χ0v) is 8.80. The highest BCUT2D eigenvalue weighted by Gasteiger charge is 2.29. The SMILES string of the molecule is C=C1C2=C(COC1C)COC(C)C2=C. The van der Waals surface area contributed by atoms with Gasteiger partial charge in [0.2, 0.25) is 0 Å². The van der Waals surface area contributed by atoms with Crippen LogP contribution in [0.4, 0.5) is 0 Å². The molecule has 2 heteroatoms. The molecule has 14 heavy (non-hydrogen) atoms. The van der Waals surface area contributed by atoms with E-state index in [0.29, 0.717) is 13.2 Å². The highest BCUT2D eigenvalue weighted by atomic mass is 16.5. The predicted molar refractivity (Wildman–Crippen MR) is 56.1 cm³/mol. The molecule has 2 aliphatic rings. The Morgan fingerprint density at radius 1 is 1.00 bits per heavy atom. The first-order valence-electron chi connectivity index (χ1n) is 4.95. The van der Waals surface area contributed by atoms with Gasteiger partial charge in [0, 0.05) is 0 Å². The fourth-order valence-corrected chi connectivity index (χ4v) is 1.91. The van der Waals surface area contributed by atoms with E-state index in [1.165, 1.54) is 11.1 Å². The van der Waals surface area contributed by atoms with Gasteiger partial charge in [-0.05, 0) is 36.1 Å². The lowest BCUT2D eigenvalue weighted by molar-refractivity contribution is 0.0566. The molecule has 0 saturated carbocycles. The Labute approximate surface area is 84.9 Å². The first-order chi connectivity index (χ1) is 6.61. The Balaban J connectivity index is 2.40. The van der Waals surface area contributed by atoms with E-state index in [9.17, 15) is 0 Å². The van der Waals surface area contributed by atoms with Crippen molar-refractivity contribution in [3.05, 3.63) is 35.5 Å². The van der Waals surface area contributed by atoms with E-state index in [2.05, 4.69) is 13.2 Å². The Hall–Kier alpha value is -0.860. The molecular formula is C12H16O2. The van der Waals surface area contributed by atoms with Gasteiger partial charge >= 0.3 is 0 Å². The third kappa shape index (κ3) is 1.35. The van der Waals surface area contributed by atoms with Crippen molar-refractivity contribution in [2.45, 2.75) is 26.1 Å². The van der Waals surface area contributed by atoms with E-state index >= 15 is 0 Å². The second kappa shape index (κ2) is 3.37. The molecule has 0 aromatic heterocycles. The minimum atomic E-state index is 0.107. The average Bonchev–Trinajstić information content (AvgIpc) is 2.17. The lowest BCUT2D eigenvalue weighted by atomic mass is 9.86. The molecular weight excluding hydrogens is 176 g/mol. The minimum absolute atomic E-state index is 0.107. The summed E-state index contributed by atoms with van der Waals surface area (Å²) >= 11 is 0. The molecule has 0 saturated heterocycles. The third-order valence-electron chi connectivity index (χ3n) is 2.99. The Kier molecular flexibility index (Phi) is 2.33. The maximum atomic E-state index is 5.56. The number of ether oxygens (including phenoxy) is 2. The lowest BCUT2D eigenvalue weighted by Crippen LogP contribution is -2.31. The van der Waals surface area contributed by atoms with Gasteiger partial charge in [0.1, 0.15) is 0 Å². The maximum absolute atomic E-state index is 5.56. The van der Waals surface area contributed by atoms with Crippen LogP contribution in [0.25, 0.3) is 0 Å². The maximum Gasteiger partial charge on any atom is 0.0801 e. The van der Waals surface area contributed by atoms with E-state index in [1.807, 2.05) is 13.8 Å². The fourth-order valence-electron chi connectivity index (χ4n) is 1.91. The van der Waals surface area contributed by atoms with E-state index in [4.69, 9.17) is 9.47 Å². The minimum Gasteiger partial charge on any atom is -0.369 e. The summed E-state index contributed by atoms with van der Waals surface area (Å²) in [6, 6.07) is 0. The van der Waals surface area contributed by atoms with Gasteiger partial charge in [0.15, 0.2) is 0 Å². The van der Waals surface area contributed by atoms with Gasteiger partial charge in [-0.15, -0.1) is 0 Å². The molecule has 2 rings (SSSR count). The average molecular weight is 192 g/mol. The molecule has 0 fully saturated rings. The molecule has 2 atom stereocenters. The van der Waals surface area contributed by atoms with Crippen molar-refractivity contribution < 1.29 is 9.47 Å². The van der Waals surface area contributed by atoms with Gasteiger partial charge in [0.05, 0.1) is 25.4 Å². The summed E-state index contributed by atoms with van der Waals surface area (Å²) in [7, 11) is 0. The summed E-state index contributed by atoms with van der Waals surface area (Å²) in [5, 5.41) is 0. The van der Waals surface area contributed by atoms with Crippen LogP contribution in [0, 0.1) is 0 Å². The summed E-state index contributed by atoms with van der Waals surface area (Å²) in [6.45, 7) is 13.5. The first kappa shape index (κ1) is 9.69. The summed E-state index contributed by atoms with van der Waals surface area (Å²) in [6.07, 6.45) is 0.214. The van der Waals surface area contributed by atoms with Crippen molar-refractivity contribution in [1.82, 2.24) is 0 Å². The zero-order chi connectivity index (χ0) is 10.3. The molecule has 0 aromatic rings. The normalized spacial score (nSPS) is 33.3. The van der Waals surface area contributed by atoms with Crippen LogP contribution in [0.2, 0.25) is 0 Å². The van der Waals surface area contributed by atoms with Crippen LogP contribution in [-0.4, -0.2) is 25.4 Å². The van der Waals surface area contributed by atoms with Crippen LogP contribution in [0.3, 0.4) is 0 Å². The van der Waals surface area contributed by atoms with Gasteiger partial charge in [-0.2, -0.15) is 0 Å². The highest BCUT2D eigenvalue weighted by molar-refractivity contribution is 5.53. The molecule has 0 bridgehead atoms. The van der Waals surface area contributed by atoms with Gasteiger partial charge in [-0.25, -0.2) is 0 Å². The van der Waals surface area contributed by atoms with Crippen LogP contribution in [0.1, 0.15) is 13.8 Å². The predicted octanol–water partition coefficient (Wildman–Crippen LogP) is 2.23. The smallest absolute Gasteiger partial charge is 0.0801 e. The van der Waals surface area contributed by atoms with Crippen molar-refractivity contribution in [3.8, 4) is 0 Å². The van der Waals surface area contributed by atoms with E-state index < -0.39 is 0 Å². The summed E-state index contributed by atoms with van der Waals surface area (Å²) in [4.78, 5) is 0. The molecule has 2 aliphatic heterocycles. The lowest BCUT2D eigenvalue weighted by Gasteiger charge is -2.34. The molecule has 0 radical (unpaired) electrons. The summed E-state index contributed by atoms with van der Waals surface area (Å²) in [5.74, 6) is 0. The van der Waals surface area contributed by atoms with E-state index in [0.717, 1.165) is 11.1 Å². The first-order valence-corrected chi connectivity index (χ1v) is 4.95. The molecule has 76 valence electrons. The monoisotopic (exact) mass is 192 g/mol. The quantitative estimate of drug-likeness (QED) is 0.586. The number of hydrogen-bond acceptors (Lipinski definition) is 2. The summed E-state index contributed by atoms with van der Waals surface area (Å²) in [5.41, 5.74) is 4.50. The van der Waals surface area contributed by atoms with Crippen molar-refractivity contribution >= 4 is 0 Å². The second-order valence-corrected chi connectivity index (χ2v) is 3.94. The topological polar surface area (TPSA) is 18.5 Å². The van der Waals surface area contributed by atoms with Gasteiger partial charge in [-0.1, -0.05) is 13.2 Å². The molecule has 2 unspecified atom stereocenters. The van der Waals surface area contributed by atoms with Crippen molar-refractivity contribution in [2.75, 3.05) is 13.2 Å². The van der Waals surface area contributed by atoms with E-state index in [-0.39, 0.29) is 12.2 Å². The van der Waals surface area contributed by atoms with Crippen LogP contribution in [-0.2, 0) is 9.47 Å². The molecule has 0 aliphatic carbocycles. The van der Waals surface area contributed by atoms with Gasteiger partial charge < -0.3 is 9.47 Å². The Morgan fingerprint density at radius 3 is 1.86 bits per heavy atom. The van der Waals surface area contributed by atoms with Crippen molar-refractivity contribution in [1.29, 1.82) is 0 Å². The highest BCUT2D eigenvalue weighted by Crippen LogP contribution is 2.35. The summed E-state index contributed by atoms with van der Waals surface area (Å²) < 4.78 is 11.1. The van der Waals surface area contributed by atoms with Crippen LogP contribution < -0.4 is 0 Å². The van der Waals surface area contributed by atoms with E-state index in [1.54, 1.807) is 0 Å². The third-order valence-corrected chi connectivity index (χ3v) is 2.99. The molecule has 2 heterocycles. The molecule has 2 nitrogen and oxygen atoms in total.